The first-order chi connectivity index (χ1) is 9.78. The maximum Gasteiger partial charge on any atom is 0.338 e. The number of nitrogens with two attached hydrogens (primary N) is 1. The highest BCUT2D eigenvalue weighted by molar-refractivity contribution is 7.99. The van der Waals surface area contributed by atoms with Crippen LogP contribution >= 0.6 is 19.6 Å². The topological polar surface area (TPSA) is 102 Å². The van der Waals surface area contributed by atoms with Crippen LogP contribution in [0.2, 0.25) is 0 Å². The molecular formula is C13H19N2O4PS. The van der Waals surface area contributed by atoms with Gasteiger partial charge in [0, 0.05) is 6.54 Å². The molecule has 116 valence electrons. The van der Waals surface area contributed by atoms with Gasteiger partial charge in [0.05, 0.1) is 18.0 Å². The fourth-order valence-corrected chi connectivity index (χ4v) is 2.70. The highest BCUT2D eigenvalue weighted by atomic mass is 32.1. The fourth-order valence-electron chi connectivity index (χ4n) is 1.45. The maximum absolute atomic E-state index is 11.8. The summed E-state index contributed by atoms with van der Waals surface area (Å²) in [5, 5.41) is 2.72. The van der Waals surface area contributed by atoms with Crippen molar-refractivity contribution in [1.82, 2.24) is 5.32 Å². The van der Waals surface area contributed by atoms with Gasteiger partial charge in [-0.2, -0.15) is 0 Å². The third-order valence-corrected chi connectivity index (χ3v) is 5.53. The summed E-state index contributed by atoms with van der Waals surface area (Å²) in [4.78, 5) is 21.2. The van der Waals surface area contributed by atoms with Crippen molar-refractivity contribution in [2.75, 3.05) is 6.61 Å². The molecule has 0 saturated heterocycles. The molecule has 0 aliphatic carbocycles. The smallest absolute Gasteiger partial charge is 0.338 e. The molecule has 1 aromatic carbocycles. The quantitative estimate of drug-likeness (QED) is 0.415. The molecule has 0 amide bonds. The largest absolute Gasteiger partial charge is 0.462 e. The van der Waals surface area contributed by atoms with E-state index in [4.69, 9.17) is 22.7 Å². The van der Waals surface area contributed by atoms with Crippen LogP contribution in [0.25, 0.3) is 0 Å². The molecule has 0 aliphatic heterocycles. The van der Waals surface area contributed by atoms with Gasteiger partial charge in [0.2, 0.25) is 0 Å². The molecule has 21 heavy (non-hydrogen) atoms. The summed E-state index contributed by atoms with van der Waals surface area (Å²) in [6.45, 7) is 3.77. The number of carbonyl (C=O) groups is 1. The summed E-state index contributed by atoms with van der Waals surface area (Å²) in [5.74, 6) is -1.30. The molecule has 0 bridgehead atoms. The predicted octanol–water partition coefficient (Wildman–Crippen LogP) is 1.81. The number of thiocarbonyl (C=S) groups is 1. The first-order valence-corrected chi connectivity index (χ1v) is 8.55. The zero-order valence-electron chi connectivity index (χ0n) is 11.9. The Morgan fingerprint density at radius 1 is 1.48 bits per heavy atom. The van der Waals surface area contributed by atoms with Gasteiger partial charge < -0.3 is 20.7 Å². The number of hydrogen-bond donors (Lipinski definition) is 3. The minimum absolute atomic E-state index is 0.146. The van der Waals surface area contributed by atoms with Gasteiger partial charge in [-0.15, -0.1) is 0 Å². The molecule has 2 unspecified atom stereocenters. The number of rotatable bonds is 6. The van der Waals surface area contributed by atoms with E-state index < -0.39 is 13.2 Å². The Balaban J connectivity index is 2.63. The van der Waals surface area contributed by atoms with E-state index in [1.807, 2.05) is 0 Å². The van der Waals surface area contributed by atoms with E-state index in [-0.39, 0.29) is 17.2 Å². The third-order valence-electron chi connectivity index (χ3n) is 2.75. The molecule has 0 aromatic heterocycles. The van der Waals surface area contributed by atoms with Gasteiger partial charge in [-0.05, 0) is 31.5 Å². The van der Waals surface area contributed by atoms with E-state index >= 15 is 0 Å². The van der Waals surface area contributed by atoms with Crippen LogP contribution in [0.5, 0.6) is 0 Å². The van der Waals surface area contributed by atoms with E-state index in [9.17, 15) is 14.3 Å². The van der Waals surface area contributed by atoms with Gasteiger partial charge in [-0.25, -0.2) is 4.79 Å². The Morgan fingerprint density at radius 3 is 2.52 bits per heavy atom. The lowest BCUT2D eigenvalue weighted by Crippen LogP contribution is -2.28. The van der Waals surface area contributed by atoms with Crippen LogP contribution in [0.3, 0.4) is 0 Å². The normalized spacial score (nSPS) is 14.9. The van der Waals surface area contributed by atoms with Crippen molar-refractivity contribution < 1.29 is 19.0 Å². The lowest BCUT2D eigenvalue weighted by atomic mass is 10.1. The Labute approximate surface area is 129 Å². The molecule has 0 aliphatic rings. The summed E-state index contributed by atoms with van der Waals surface area (Å²) >= 11 is 4.89. The number of esters is 1. The molecule has 0 heterocycles. The van der Waals surface area contributed by atoms with Crippen LogP contribution in [0.1, 0.15) is 29.8 Å². The van der Waals surface area contributed by atoms with E-state index in [2.05, 4.69) is 5.32 Å². The second-order valence-corrected chi connectivity index (χ2v) is 7.66. The van der Waals surface area contributed by atoms with Crippen LogP contribution in [-0.2, 0) is 15.8 Å². The average Bonchev–Trinajstić information content (AvgIpc) is 2.45. The minimum Gasteiger partial charge on any atom is -0.462 e. The molecule has 0 fully saturated rings. The summed E-state index contributed by atoms with van der Waals surface area (Å²) in [5.41, 5.74) is 6.70. The van der Waals surface area contributed by atoms with Gasteiger partial charge in [-0.3, -0.25) is 4.57 Å². The summed E-state index contributed by atoms with van der Waals surface area (Å²) in [6, 6.07) is 6.69. The van der Waals surface area contributed by atoms with Crippen LogP contribution < -0.4 is 11.1 Å². The lowest BCUT2D eigenvalue weighted by molar-refractivity contribution is 0.0526. The summed E-state index contributed by atoms with van der Waals surface area (Å²) < 4.78 is 16.5. The molecule has 0 spiro atoms. The molecule has 1 rings (SSSR count). The van der Waals surface area contributed by atoms with E-state index in [1.165, 1.54) is 6.92 Å². The second kappa shape index (κ2) is 7.66. The first-order valence-electron chi connectivity index (χ1n) is 6.41. The van der Waals surface area contributed by atoms with E-state index in [0.29, 0.717) is 12.2 Å². The van der Waals surface area contributed by atoms with Crippen molar-refractivity contribution in [3.05, 3.63) is 35.4 Å². The van der Waals surface area contributed by atoms with Crippen LogP contribution in [0.4, 0.5) is 0 Å². The van der Waals surface area contributed by atoms with Crippen molar-refractivity contribution in [3.8, 4) is 0 Å². The Bertz CT molecular complexity index is 560. The second-order valence-electron chi connectivity index (χ2n) is 4.44. The van der Waals surface area contributed by atoms with Crippen molar-refractivity contribution in [3.63, 3.8) is 0 Å². The predicted molar refractivity (Wildman–Crippen MR) is 85.3 cm³/mol. The van der Waals surface area contributed by atoms with Crippen LogP contribution in [0, 0.1) is 0 Å². The first kappa shape index (κ1) is 17.8. The zero-order chi connectivity index (χ0) is 16.0. The van der Waals surface area contributed by atoms with Crippen molar-refractivity contribution in [2.45, 2.75) is 26.2 Å². The standard InChI is InChI=1S/C13H19N2O4PS/c1-3-19-12(16)11-6-4-10(5-7-11)8-15-13(21)20(17,18)9(2)14/h4-7,9H,3,8,14H2,1-2H3,(H,15,21)(H,17,18). The molecule has 0 radical (unpaired) electrons. The van der Waals surface area contributed by atoms with Crippen LogP contribution in [0.15, 0.2) is 24.3 Å². The maximum atomic E-state index is 11.8. The Kier molecular flexibility index (Phi) is 6.48. The van der Waals surface area contributed by atoms with E-state index in [1.54, 1.807) is 31.2 Å². The number of benzene rings is 1. The Hall–Kier alpha value is -1.27. The minimum atomic E-state index is -3.70. The van der Waals surface area contributed by atoms with Crippen molar-refractivity contribution in [2.24, 2.45) is 5.73 Å². The molecule has 1 aromatic rings. The van der Waals surface area contributed by atoms with Crippen molar-refractivity contribution >= 4 is 30.3 Å². The lowest BCUT2D eigenvalue weighted by Gasteiger charge is -2.17. The summed E-state index contributed by atoms with van der Waals surface area (Å²) in [6.07, 6.45) is 0. The molecule has 2 atom stereocenters. The van der Waals surface area contributed by atoms with Crippen LogP contribution in [-0.4, -0.2) is 28.0 Å². The summed E-state index contributed by atoms with van der Waals surface area (Å²) in [7, 11) is -3.70. The number of hydrogen-bond acceptors (Lipinski definition) is 5. The van der Waals surface area contributed by atoms with E-state index in [0.717, 1.165) is 5.56 Å². The SMILES string of the molecule is CCOC(=O)c1ccc(CNC(=S)P(=O)(O)C(C)N)cc1. The van der Waals surface area contributed by atoms with Crippen molar-refractivity contribution in [1.29, 1.82) is 0 Å². The van der Waals surface area contributed by atoms with Gasteiger partial charge in [-0.1, -0.05) is 24.4 Å². The number of carbonyl (C=O) groups excluding carboxylic acids is 1. The monoisotopic (exact) mass is 330 g/mol. The molecular weight excluding hydrogens is 311 g/mol. The molecule has 8 heteroatoms. The average molecular weight is 330 g/mol. The fraction of sp³-hybridized carbons (Fsp3) is 0.385. The van der Waals surface area contributed by atoms with Gasteiger partial charge >= 0.3 is 5.97 Å². The highest BCUT2D eigenvalue weighted by Crippen LogP contribution is 2.44. The molecule has 0 saturated carbocycles. The van der Waals surface area contributed by atoms with Gasteiger partial charge in [0.25, 0.3) is 7.37 Å². The molecule has 4 N–H and O–H groups in total. The number of nitrogens with one attached hydrogen (secondary N) is 1. The van der Waals surface area contributed by atoms with Gasteiger partial charge in [0.15, 0.2) is 4.73 Å². The Morgan fingerprint density at radius 2 is 2.05 bits per heavy atom. The third kappa shape index (κ3) is 4.89. The van der Waals surface area contributed by atoms with Gasteiger partial charge in [0.1, 0.15) is 0 Å². The highest BCUT2D eigenvalue weighted by Gasteiger charge is 2.29. The number of ether oxygens (including phenoxy) is 1. The molecule has 6 nitrogen and oxygen atoms in total. The zero-order valence-corrected chi connectivity index (χ0v) is 13.6.